The highest BCUT2D eigenvalue weighted by molar-refractivity contribution is 9.10. The van der Waals surface area contributed by atoms with Gasteiger partial charge in [0.25, 0.3) is 0 Å². The van der Waals surface area contributed by atoms with Crippen LogP contribution in [0.4, 0.5) is 8.78 Å². The Hall–Kier alpha value is -1.23. The predicted molar refractivity (Wildman–Crippen MR) is 100 cm³/mol. The molecule has 0 atom stereocenters. The van der Waals surface area contributed by atoms with Gasteiger partial charge in [-0.3, -0.25) is 0 Å². The number of benzene rings is 1. The highest BCUT2D eigenvalue weighted by Gasteiger charge is 2.21. The summed E-state index contributed by atoms with van der Waals surface area (Å²) in [6, 6.07) is 2.12. The van der Waals surface area contributed by atoms with Gasteiger partial charge in [0.15, 0.2) is 17.2 Å². The zero-order chi connectivity index (χ0) is 18.2. The molecule has 0 aliphatic rings. The summed E-state index contributed by atoms with van der Waals surface area (Å²) in [6.07, 6.45) is 0. The van der Waals surface area contributed by atoms with Crippen LogP contribution >= 0.6 is 27.3 Å². The lowest BCUT2D eigenvalue weighted by Crippen LogP contribution is -2.22. The molecule has 10 heteroatoms. The van der Waals surface area contributed by atoms with Crippen LogP contribution in [0.15, 0.2) is 16.0 Å². The first kappa shape index (κ1) is 18.6. The molecular weight excluding hydrogens is 430 g/mol. The van der Waals surface area contributed by atoms with Gasteiger partial charge in [-0.1, -0.05) is 24.9 Å². The second-order valence-corrected chi connectivity index (χ2v) is 14.1. The fourth-order valence-corrected chi connectivity index (χ4v) is 4.26. The van der Waals surface area contributed by atoms with Crippen molar-refractivity contribution in [2.75, 3.05) is 6.61 Å². The molecule has 3 rings (SSSR count). The van der Waals surface area contributed by atoms with Gasteiger partial charge >= 0.3 is 0 Å². The molecule has 0 N–H and O–H groups in total. The lowest BCUT2D eigenvalue weighted by atomic mass is 10.2. The van der Waals surface area contributed by atoms with Crippen molar-refractivity contribution in [1.29, 1.82) is 0 Å². The molecule has 5 nitrogen and oxygen atoms in total. The molecule has 0 saturated carbocycles. The van der Waals surface area contributed by atoms with E-state index in [9.17, 15) is 8.78 Å². The van der Waals surface area contributed by atoms with Crippen LogP contribution in [0.3, 0.4) is 0 Å². The quantitative estimate of drug-likeness (QED) is 0.398. The number of aromatic nitrogens is 4. The molecule has 0 saturated heterocycles. The van der Waals surface area contributed by atoms with E-state index < -0.39 is 19.7 Å². The van der Waals surface area contributed by atoms with Crippen molar-refractivity contribution in [3.05, 3.63) is 27.7 Å². The average molecular weight is 447 g/mol. The van der Waals surface area contributed by atoms with Crippen molar-refractivity contribution in [1.82, 2.24) is 20.0 Å². The van der Waals surface area contributed by atoms with E-state index >= 15 is 0 Å². The van der Waals surface area contributed by atoms with E-state index in [1.54, 1.807) is 5.38 Å². The molecule has 0 amide bonds. The summed E-state index contributed by atoms with van der Waals surface area (Å²) in [7, 11) is -1.21. The minimum absolute atomic E-state index is 0.00451. The Morgan fingerprint density at radius 3 is 2.72 bits per heavy atom. The Balaban J connectivity index is 1.87. The van der Waals surface area contributed by atoms with Crippen molar-refractivity contribution in [3.63, 3.8) is 0 Å². The zero-order valence-electron chi connectivity index (χ0n) is 14.0. The number of fused-ring (bicyclic) bond motifs is 1. The second-order valence-electron chi connectivity index (χ2n) is 6.83. The first-order chi connectivity index (χ1) is 11.8. The van der Waals surface area contributed by atoms with Gasteiger partial charge in [0, 0.05) is 20.1 Å². The van der Waals surface area contributed by atoms with E-state index in [4.69, 9.17) is 4.74 Å². The maximum absolute atomic E-state index is 14.7. The molecule has 2 heterocycles. The number of nitrogens with zero attached hydrogens (tertiary/aromatic N) is 4. The minimum atomic E-state index is -1.21. The van der Waals surface area contributed by atoms with Crippen LogP contribution in [-0.4, -0.2) is 34.7 Å². The zero-order valence-corrected chi connectivity index (χ0v) is 17.4. The van der Waals surface area contributed by atoms with E-state index in [-0.39, 0.29) is 23.3 Å². The first-order valence-corrected chi connectivity index (χ1v) is 13.0. The van der Waals surface area contributed by atoms with Gasteiger partial charge < -0.3 is 4.74 Å². The minimum Gasteiger partial charge on any atom is -0.359 e. The average Bonchev–Trinajstić information content (AvgIpc) is 3.13. The molecule has 1 aromatic carbocycles. The Bertz CT molecular complexity index is 909. The molecule has 0 fully saturated rings. The molecule has 0 aliphatic carbocycles. The molecule has 0 aliphatic heterocycles. The van der Waals surface area contributed by atoms with Gasteiger partial charge in [0.1, 0.15) is 21.9 Å². The third-order valence-electron chi connectivity index (χ3n) is 3.59. The summed E-state index contributed by atoms with van der Waals surface area (Å²) in [4.78, 5) is 4.13. The normalized spacial score (nSPS) is 12.2. The van der Waals surface area contributed by atoms with Crippen LogP contribution in [0, 0.1) is 11.6 Å². The van der Waals surface area contributed by atoms with Crippen LogP contribution in [0.2, 0.25) is 25.7 Å². The molecule has 25 heavy (non-hydrogen) atoms. The molecule has 3 aromatic rings. The van der Waals surface area contributed by atoms with Gasteiger partial charge in [-0.15, -0.1) is 16.4 Å². The smallest absolute Gasteiger partial charge is 0.163 e. The van der Waals surface area contributed by atoms with E-state index in [0.717, 1.165) is 12.1 Å². The second kappa shape index (κ2) is 7.18. The van der Waals surface area contributed by atoms with E-state index in [2.05, 4.69) is 50.9 Å². The number of rotatable bonds is 6. The SMILES string of the molecule is C[Si](C)(C)CCOCn1nnc2c(F)c(-c3nc(Br)cs3)cc(F)c21. The number of thiazole rings is 1. The predicted octanol–water partition coefficient (Wildman–Crippen LogP) is 4.91. The molecule has 0 unspecified atom stereocenters. The number of hydrogen-bond acceptors (Lipinski definition) is 5. The number of halogens is 3. The Kier molecular flexibility index (Phi) is 5.33. The monoisotopic (exact) mass is 446 g/mol. The van der Waals surface area contributed by atoms with Crippen LogP contribution in [0.5, 0.6) is 0 Å². The summed E-state index contributed by atoms with van der Waals surface area (Å²) in [5, 5.41) is 9.72. The van der Waals surface area contributed by atoms with Gasteiger partial charge in [-0.05, 0) is 28.0 Å². The van der Waals surface area contributed by atoms with E-state index in [1.165, 1.54) is 16.0 Å². The molecule has 0 bridgehead atoms. The van der Waals surface area contributed by atoms with E-state index in [1.807, 2.05) is 0 Å². The van der Waals surface area contributed by atoms with Crippen molar-refractivity contribution < 1.29 is 13.5 Å². The van der Waals surface area contributed by atoms with Gasteiger partial charge in [0.2, 0.25) is 0 Å². The fourth-order valence-electron chi connectivity index (χ4n) is 2.24. The van der Waals surface area contributed by atoms with Crippen LogP contribution in [-0.2, 0) is 11.5 Å². The highest BCUT2D eigenvalue weighted by atomic mass is 79.9. The van der Waals surface area contributed by atoms with Gasteiger partial charge in [0.05, 0.1) is 5.56 Å². The van der Waals surface area contributed by atoms with E-state index in [0.29, 0.717) is 16.2 Å². The Labute approximate surface area is 157 Å². The molecule has 134 valence electrons. The summed E-state index contributed by atoms with van der Waals surface area (Å²) in [5.41, 5.74) is -0.0348. The fraction of sp³-hybridized carbons (Fsp3) is 0.400. The largest absolute Gasteiger partial charge is 0.359 e. The van der Waals surface area contributed by atoms with Crippen molar-refractivity contribution in [2.24, 2.45) is 0 Å². The van der Waals surface area contributed by atoms with Crippen LogP contribution in [0.1, 0.15) is 0 Å². The Morgan fingerprint density at radius 1 is 1.32 bits per heavy atom. The van der Waals surface area contributed by atoms with Gasteiger partial charge in [-0.25, -0.2) is 18.4 Å². The van der Waals surface area contributed by atoms with Crippen LogP contribution < -0.4 is 0 Å². The van der Waals surface area contributed by atoms with Crippen molar-refractivity contribution in [3.8, 4) is 10.6 Å². The standard InChI is InChI=1S/C15H17BrF2N4OSSi/c1-25(2,3)5-4-23-8-22-14-10(17)6-9(12(18)13(14)20-21-22)15-19-11(16)7-24-15/h6-7H,4-5,8H2,1-3H3. The molecule has 0 spiro atoms. The number of ether oxygens (including phenoxy) is 1. The highest BCUT2D eigenvalue weighted by Crippen LogP contribution is 2.32. The molecular formula is C15H17BrF2N4OSSi. The first-order valence-electron chi connectivity index (χ1n) is 7.66. The topological polar surface area (TPSA) is 52.8 Å². The van der Waals surface area contributed by atoms with Crippen molar-refractivity contribution in [2.45, 2.75) is 32.4 Å². The van der Waals surface area contributed by atoms with Crippen molar-refractivity contribution >= 4 is 46.4 Å². The number of hydrogen-bond donors (Lipinski definition) is 0. The maximum Gasteiger partial charge on any atom is 0.163 e. The lowest BCUT2D eigenvalue weighted by Gasteiger charge is -2.15. The van der Waals surface area contributed by atoms with Gasteiger partial charge in [-0.2, -0.15) is 0 Å². The molecule has 2 aromatic heterocycles. The third-order valence-corrected chi connectivity index (χ3v) is 6.88. The summed E-state index contributed by atoms with van der Waals surface area (Å²) >= 11 is 4.43. The summed E-state index contributed by atoms with van der Waals surface area (Å²) < 4.78 is 36.7. The molecule has 0 radical (unpaired) electrons. The van der Waals surface area contributed by atoms with Crippen LogP contribution in [0.25, 0.3) is 21.6 Å². The summed E-state index contributed by atoms with van der Waals surface area (Å²) in [5.74, 6) is -1.23. The Morgan fingerprint density at radius 2 is 2.08 bits per heavy atom. The lowest BCUT2D eigenvalue weighted by molar-refractivity contribution is 0.0799. The third kappa shape index (κ3) is 4.13. The summed E-state index contributed by atoms with van der Waals surface area (Å²) in [6.45, 7) is 7.34. The maximum atomic E-state index is 14.7.